The topological polar surface area (TPSA) is 15.3 Å². The molecule has 0 heterocycles. The fourth-order valence-corrected chi connectivity index (χ4v) is 2.82. The zero-order valence-electron chi connectivity index (χ0n) is 13.0. The van der Waals surface area contributed by atoms with E-state index in [0.29, 0.717) is 12.1 Å². The Morgan fingerprint density at radius 3 is 2.32 bits per heavy atom. The van der Waals surface area contributed by atoms with Gasteiger partial charge in [0.05, 0.1) is 0 Å². The summed E-state index contributed by atoms with van der Waals surface area (Å²) in [5, 5.41) is 3.50. The maximum atomic E-state index is 3.50. The van der Waals surface area contributed by atoms with Crippen LogP contribution in [0.25, 0.3) is 0 Å². The minimum Gasteiger partial charge on any atom is -0.312 e. The van der Waals surface area contributed by atoms with Crippen LogP contribution in [0.2, 0.25) is 0 Å². The fourth-order valence-electron chi connectivity index (χ4n) is 2.82. The first-order valence-electron chi connectivity index (χ1n) is 7.67. The van der Waals surface area contributed by atoms with Gasteiger partial charge in [-0.1, -0.05) is 57.0 Å². The third kappa shape index (κ3) is 4.96. The van der Waals surface area contributed by atoms with Crippen LogP contribution in [0.5, 0.6) is 0 Å². The standard InChI is InChI=1S/C17H30N2/c1-5-7-11-14-19(4)16(6-2)17(18-3)15-12-9-8-10-13-15/h8-10,12-13,16-18H,5-7,11,14H2,1-4H3. The van der Waals surface area contributed by atoms with Crippen molar-refractivity contribution in [3.8, 4) is 0 Å². The molecule has 0 aromatic heterocycles. The fraction of sp³-hybridized carbons (Fsp3) is 0.647. The Hall–Kier alpha value is -0.860. The first kappa shape index (κ1) is 16.2. The van der Waals surface area contributed by atoms with Gasteiger partial charge in [0.2, 0.25) is 0 Å². The maximum absolute atomic E-state index is 3.50. The molecular formula is C17H30N2. The zero-order chi connectivity index (χ0) is 14.1. The summed E-state index contributed by atoms with van der Waals surface area (Å²) in [6.07, 6.45) is 5.09. The van der Waals surface area contributed by atoms with E-state index in [1.165, 1.54) is 37.8 Å². The van der Waals surface area contributed by atoms with Crippen LogP contribution >= 0.6 is 0 Å². The average molecular weight is 262 g/mol. The summed E-state index contributed by atoms with van der Waals surface area (Å²) < 4.78 is 0. The van der Waals surface area contributed by atoms with E-state index in [4.69, 9.17) is 0 Å². The third-order valence-corrected chi connectivity index (χ3v) is 3.95. The van der Waals surface area contributed by atoms with Gasteiger partial charge in [-0.05, 0) is 39.0 Å². The largest absolute Gasteiger partial charge is 0.312 e. The molecule has 2 atom stereocenters. The summed E-state index contributed by atoms with van der Waals surface area (Å²) in [7, 11) is 4.33. The lowest BCUT2D eigenvalue weighted by molar-refractivity contribution is 0.187. The number of benzene rings is 1. The Morgan fingerprint density at radius 2 is 1.79 bits per heavy atom. The highest BCUT2D eigenvalue weighted by molar-refractivity contribution is 5.20. The summed E-state index contributed by atoms with van der Waals surface area (Å²) in [5.74, 6) is 0. The van der Waals surface area contributed by atoms with E-state index in [0.717, 1.165) is 0 Å². The van der Waals surface area contributed by atoms with E-state index in [2.05, 4.69) is 68.5 Å². The number of unbranched alkanes of at least 4 members (excludes halogenated alkanes) is 2. The Morgan fingerprint density at radius 1 is 1.11 bits per heavy atom. The number of hydrogen-bond donors (Lipinski definition) is 1. The number of likely N-dealkylation sites (N-methyl/N-ethyl adjacent to an activating group) is 2. The summed E-state index contributed by atoms with van der Waals surface area (Å²) in [5.41, 5.74) is 1.39. The molecule has 1 rings (SSSR count). The van der Waals surface area contributed by atoms with Crippen LogP contribution in [0.15, 0.2) is 30.3 Å². The van der Waals surface area contributed by atoms with Crippen molar-refractivity contribution in [2.75, 3.05) is 20.6 Å². The van der Waals surface area contributed by atoms with Crippen LogP contribution in [0.3, 0.4) is 0 Å². The van der Waals surface area contributed by atoms with Crippen LogP contribution < -0.4 is 5.32 Å². The Balaban J connectivity index is 2.70. The van der Waals surface area contributed by atoms with Gasteiger partial charge in [-0.25, -0.2) is 0 Å². The number of nitrogens with zero attached hydrogens (tertiary/aromatic N) is 1. The van der Waals surface area contributed by atoms with Crippen LogP contribution in [0.1, 0.15) is 51.1 Å². The predicted octanol–water partition coefficient (Wildman–Crippen LogP) is 3.85. The van der Waals surface area contributed by atoms with Gasteiger partial charge in [-0.15, -0.1) is 0 Å². The second-order valence-corrected chi connectivity index (χ2v) is 5.34. The number of nitrogens with one attached hydrogen (secondary N) is 1. The van der Waals surface area contributed by atoms with Gasteiger partial charge in [-0.2, -0.15) is 0 Å². The van der Waals surface area contributed by atoms with Crippen LogP contribution in [0.4, 0.5) is 0 Å². The lowest BCUT2D eigenvalue weighted by Crippen LogP contribution is -2.41. The maximum Gasteiger partial charge on any atom is 0.0475 e. The lowest BCUT2D eigenvalue weighted by Gasteiger charge is -2.34. The Labute approximate surface area is 119 Å². The quantitative estimate of drug-likeness (QED) is 0.680. The molecule has 1 N–H and O–H groups in total. The van der Waals surface area contributed by atoms with Crippen molar-refractivity contribution in [3.63, 3.8) is 0 Å². The highest BCUT2D eigenvalue weighted by Crippen LogP contribution is 2.22. The van der Waals surface area contributed by atoms with Gasteiger partial charge in [0.1, 0.15) is 0 Å². The zero-order valence-corrected chi connectivity index (χ0v) is 13.0. The molecule has 0 radical (unpaired) electrons. The van der Waals surface area contributed by atoms with Crippen molar-refractivity contribution in [1.82, 2.24) is 10.2 Å². The van der Waals surface area contributed by atoms with Crippen LogP contribution in [-0.2, 0) is 0 Å². The van der Waals surface area contributed by atoms with E-state index in [1.54, 1.807) is 0 Å². The second kappa shape index (κ2) is 9.11. The number of hydrogen-bond acceptors (Lipinski definition) is 2. The van der Waals surface area contributed by atoms with E-state index >= 15 is 0 Å². The van der Waals surface area contributed by atoms with Gasteiger partial charge >= 0.3 is 0 Å². The molecule has 0 aliphatic heterocycles. The summed E-state index contributed by atoms with van der Waals surface area (Å²) >= 11 is 0. The molecule has 0 bridgehead atoms. The monoisotopic (exact) mass is 262 g/mol. The summed E-state index contributed by atoms with van der Waals surface area (Å²) in [6, 6.07) is 11.8. The molecule has 0 spiro atoms. The van der Waals surface area contributed by atoms with Crippen molar-refractivity contribution < 1.29 is 0 Å². The van der Waals surface area contributed by atoms with Gasteiger partial charge in [0.15, 0.2) is 0 Å². The van der Waals surface area contributed by atoms with E-state index in [-0.39, 0.29) is 0 Å². The molecule has 0 saturated carbocycles. The molecule has 0 aliphatic carbocycles. The normalized spacial score (nSPS) is 14.6. The molecule has 0 aliphatic rings. The van der Waals surface area contributed by atoms with Gasteiger partial charge in [-0.3, -0.25) is 0 Å². The van der Waals surface area contributed by atoms with E-state index in [1.807, 2.05) is 0 Å². The summed E-state index contributed by atoms with van der Waals surface area (Å²) in [6.45, 7) is 5.74. The molecule has 108 valence electrons. The highest BCUT2D eigenvalue weighted by Gasteiger charge is 2.23. The minimum atomic E-state index is 0.415. The van der Waals surface area contributed by atoms with Crippen molar-refractivity contribution in [3.05, 3.63) is 35.9 Å². The molecule has 2 nitrogen and oxygen atoms in total. The van der Waals surface area contributed by atoms with Crippen molar-refractivity contribution >= 4 is 0 Å². The molecule has 19 heavy (non-hydrogen) atoms. The Kier molecular flexibility index (Phi) is 7.76. The Bertz CT molecular complexity index is 323. The number of rotatable bonds is 9. The predicted molar refractivity (Wildman–Crippen MR) is 84.5 cm³/mol. The minimum absolute atomic E-state index is 0.415. The molecule has 0 amide bonds. The molecule has 2 heteroatoms. The van der Waals surface area contributed by atoms with E-state index in [9.17, 15) is 0 Å². The third-order valence-electron chi connectivity index (χ3n) is 3.95. The van der Waals surface area contributed by atoms with Crippen molar-refractivity contribution in [2.45, 2.75) is 51.6 Å². The lowest BCUT2D eigenvalue weighted by atomic mass is 9.96. The molecule has 2 unspecified atom stereocenters. The molecule has 1 aromatic rings. The molecule has 0 saturated heterocycles. The smallest absolute Gasteiger partial charge is 0.0475 e. The van der Waals surface area contributed by atoms with Gasteiger partial charge < -0.3 is 10.2 Å². The average Bonchev–Trinajstić information content (AvgIpc) is 2.45. The van der Waals surface area contributed by atoms with E-state index < -0.39 is 0 Å². The molecular weight excluding hydrogens is 232 g/mol. The van der Waals surface area contributed by atoms with Gasteiger partial charge in [0, 0.05) is 12.1 Å². The van der Waals surface area contributed by atoms with Crippen LogP contribution in [0, 0.1) is 0 Å². The van der Waals surface area contributed by atoms with Crippen LogP contribution in [-0.4, -0.2) is 31.6 Å². The van der Waals surface area contributed by atoms with Crippen molar-refractivity contribution in [2.24, 2.45) is 0 Å². The SMILES string of the molecule is CCCCCN(C)C(CC)C(NC)c1ccccc1. The molecule has 0 fully saturated rings. The second-order valence-electron chi connectivity index (χ2n) is 5.34. The van der Waals surface area contributed by atoms with Gasteiger partial charge in [0.25, 0.3) is 0 Å². The summed E-state index contributed by atoms with van der Waals surface area (Å²) in [4.78, 5) is 2.52. The first-order valence-corrected chi connectivity index (χ1v) is 7.67. The highest BCUT2D eigenvalue weighted by atomic mass is 15.2. The first-order chi connectivity index (χ1) is 9.24. The van der Waals surface area contributed by atoms with Crippen molar-refractivity contribution in [1.29, 1.82) is 0 Å². The molecule has 1 aromatic carbocycles.